The molecular weight excluding hydrogens is 478 g/mol. The number of aryl methyl sites for hydroxylation is 1. The van der Waals surface area contributed by atoms with E-state index >= 15 is 0 Å². The molecule has 0 fully saturated rings. The van der Waals surface area contributed by atoms with Gasteiger partial charge in [0.05, 0.1) is 0 Å². The van der Waals surface area contributed by atoms with Crippen molar-refractivity contribution in [1.29, 1.82) is 0 Å². The van der Waals surface area contributed by atoms with Crippen LogP contribution in [0.1, 0.15) is 33.9 Å². The lowest BCUT2D eigenvalue weighted by Gasteiger charge is -2.37. The van der Waals surface area contributed by atoms with Gasteiger partial charge in [0.25, 0.3) is 5.91 Å². The van der Waals surface area contributed by atoms with Gasteiger partial charge in [-0.1, -0.05) is 91.0 Å². The Morgan fingerprint density at radius 2 is 1.53 bits per heavy atom. The summed E-state index contributed by atoms with van der Waals surface area (Å²) in [6.07, 6.45) is -0.837. The van der Waals surface area contributed by atoms with Crippen molar-refractivity contribution < 1.29 is 24.2 Å². The van der Waals surface area contributed by atoms with Crippen LogP contribution >= 0.6 is 0 Å². The molecule has 6 nitrogen and oxygen atoms in total. The smallest absolute Gasteiger partial charge is 0.326 e. The Balaban J connectivity index is 1.47. The van der Waals surface area contributed by atoms with Gasteiger partial charge in [-0.3, -0.25) is 4.79 Å². The van der Waals surface area contributed by atoms with E-state index in [0.717, 1.165) is 22.3 Å². The maximum Gasteiger partial charge on any atom is 0.326 e. The number of carboxylic acids is 1. The number of benzene rings is 4. The fourth-order valence-electron chi connectivity index (χ4n) is 4.81. The number of carbonyl (C=O) groups is 2. The number of fused-ring (bicyclic) bond motifs is 1. The summed E-state index contributed by atoms with van der Waals surface area (Å²) in [6, 6.07) is 31.0. The van der Waals surface area contributed by atoms with E-state index in [0.29, 0.717) is 23.7 Å². The predicted molar refractivity (Wildman–Crippen MR) is 144 cm³/mol. The van der Waals surface area contributed by atoms with Crippen molar-refractivity contribution in [2.45, 2.75) is 38.6 Å². The molecule has 4 aromatic carbocycles. The molecule has 0 radical (unpaired) electrons. The van der Waals surface area contributed by atoms with Crippen LogP contribution in [0.5, 0.6) is 11.5 Å². The van der Waals surface area contributed by atoms with Gasteiger partial charge in [-0.25, -0.2) is 4.79 Å². The standard InChI is InChI=1S/C32H29NO5/c1-22-17-18-25-20-33(28(32(35)36)19-27(25)29(22)37-21-23-11-5-2-6-12-23)31(34)30(24-13-7-3-8-14-24)38-26-15-9-4-10-16-26/h2-18,28,30H,19-21H2,1H3,(H,35,36)/t28-,30?/m0/s1. The highest BCUT2D eigenvalue weighted by Crippen LogP contribution is 2.36. The van der Waals surface area contributed by atoms with E-state index in [4.69, 9.17) is 9.47 Å². The van der Waals surface area contributed by atoms with Crippen molar-refractivity contribution in [3.8, 4) is 11.5 Å². The third kappa shape index (κ3) is 5.39. The highest BCUT2D eigenvalue weighted by atomic mass is 16.5. The van der Waals surface area contributed by atoms with Crippen molar-refractivity contribution in [2.75, 3.05) is 0 Å². The first-order chi connectivity index (χ1) is 18.5. The summed E-state index contributed by atoms with van der Waals surface area (Å²) in [5.74, 6) is -0.243. The van der Waals surface area contributed by atoms with Gasteiger partial charge in [-0.2, -0.15) is 0 Å². The van der Waals surface area contributed by atoms with Crippen LogP contribution in [-0.4, -0.2) is 27.9 Å². The molecule has 5 rings (SSSR count). The van der Waals surface area contributed by atoms with E-state index < -0.39 is 24.0 Å². The monoisotopic (exact) mass is 507 g/mol. The molecule has 1 unspecified atom stereocenters. The Hall–Kier alpha value is -4.58. The average molecular weight is 508 g/mol. The van der Waals surface area contributed by atoms with Crippen LogP contribution in [0.3, 0.4) is 0 Å². The van der Waals surface area contributed by atoms with E-state index in [9.17, 15) is 14.7 Å². The topological polar surface area (TPSA) is 76.1 Å². The fourth-order valence-corrected chi connectivity index (χ4v) is 4.81. The number of aliphatic carboxylic acids is 1. The van der Waals surface area contributed by atoms with E-state index in [1.807, 2.05) is 97.9 Å². The molecule has 0 spiro atoms. The van der Waals surface area contributed by atoms with Gasteiger partial charge < -0.3 is 19.5 Å². The van der Waals surface area contributed by atoms with Gasteiger partial charge in [-0.05, 0) is 35.7 Å². The second-order valence-corrected chi connectivity index (χ2v) is 9.37. The Kier molecular flexibility index (Phi) is 7.40. The van der Waals surface area contributed by atoms with Crippen LogP contribution in [-0.2, 0) is 29.2 Å². The number of carbonyl (C=O) groups excluding carboxylic acids is 1. The predicted octanol–water partition coefficient (Wildman–Crippen LogP) is 5.73. The number of hydrogen-bond acceptors (Lipinski definition) is 4. The molecule has 4 aromatic rings. The molecule has 0 saturated heterocycles. The molecule has 0 aromatic heterocycles. The van der Waals surface area contributed by atoms with Crippen LogP contribution in [0.2, 0.25) is 0 Å². The normalized spacial score (nSPS) is 15.3. The van der Waals surface area contributed by atoms with Crippen LogP contribution < -0.4 is 9.47 Å². The lowest BCUT2D eigenvalue weighted by Crippen LogP contribution is -2.51. The number of para-hydroxylation sites is 1. The zero-order valence-electron chi connectivity index (χ0n) is 21.1. The van der Waals surface area contributed by atoms with E-state index in [1.165, 1.54) is 4.90 Å². The minimum atomic E-state index is -1.06. The maximum atomic E-state index is 14.0. The average Bonchev–Trinajstić information content (AvgIpc) is 2.96. The summed E-state index contributed by atoms with van der Waals surface area (Å²) in [5, 5.41) is 10.2. The first kappa shape index (κ1) is 25.1. The van der Waals surface area contributed by atoms with Crippen molar-refractivity contribution in [1.82, 2.24) is 4.90 Å². The molecule has 1 heterocycles. The van der Waals surface area contributed by atoms with Crippen molar-refractivity contribution >= 4 is 11.9 Å². The number of nitrogens with zero attached hydrogens (tertiary/aromatic N) is 1. The molecule has 0 bridgehead atoms. The molecule has 38 heavy (non-hydrogen) atoms. The summed E-state index contributed by atoms with van der Waals surface area (Å²) in [7, 11) is 0. The molecule has 1 amide bonds. The third-order valence-corrected chi connectivity index (χ3v) is 6.79. The Morgan fingerprint density at radius 1 is 0.895 bits per heavy atom. The van der Waals surface area contributed by atoms with Gasteiger partial charge in [-0.15, -0.1) is 0 Å². The molecule has 1 aliphatic heterocycles. The molecule has 6 heteroatoms. The van der Waals surface area contributed by atoms with Crippen LogP contribution in [0.25, 0.3) is 0 Å². The van der Waals surface area contributed by atoms with Crippen LogP contribution in [0.4, 0.5) is 0 Å². The number of rotatable bonds is 8. The minimum absolute atomic E-state index is 0.147. The van der Waals surface area contributed by atoms with E-state index in [2.05, 4.69) is 0 Å². The summed E-state index contributed by atoms with van der Waals surface area (Å²) in [4.78, 5) is 27.9. The summed E-state index contributed by atoms with van der Waals surface area (Å²) >= 11 is 0. The van der Waals surface area contributed by atoms with Crippen molar-refractivity contribution in [3.63, 3.8) is 0 Å². The van der Waals surface area contributed by atoms with Gasteiger partial charge in [0.1, 0.15) is 24.1 Å². The zero-order valence-corrected chi connectivity index (χ0v) is 21.1. The highest BCUT2D eigenvalue weighted by Gasteiger charge is 2.40. The second kappa shape index (κ2) is 11.2. The number of hydrogen-bond donors (Lipinski definition) is 1. The Morgan fingerprint density at radius 3 is 2.18 bits per heavy atom. The zero-order chi connectivity index (χ0) is 26.5. The van der Waals surface area contributed by atoms with E-state index in [-0.39, 0.29) is 13.0 Å². The highest BCUT2D eigenvalue weighted by molar-refractivity contribution is 5.88. The molecule has 0 saturated carbocycles. The number of ether oxygens (including phenoxy) is 2. The number of carboxylic acid groups (broad SMARTS) is 1. The molecule has 1 aliphatic rings. The van der Waals surface area contributed by atoms with Crippen molar-refractivity contribution in [2.24, 2.45) is 0 Å². The first-order valence-corrected chi connectivity index (χ1v) is 12.6. The van der Waals surface area contributed by atoms with Gasteiger partial charge >= 0.3 is 5.97 Å². The van der Waals surface area contributed by atoms with Gasteiger partial charge in [0.2, 0.25) is 6.10 Å². The SMILES string of the molecule is Cc1ccc2c(c1OCc1ccccc1)C[C@@H](C(=O)O)N(C(=O)C(Oc1ccccc1)c1ccccc1)C2. The summed E-state index contributed by atoms with van der Waals surface area (Å²) in [5.41, 5.74) is 4.31. The van der Waals surface area contributed by atoms with Crippen LogP contribution in [0.15, 0.2) is 103 Å². The minimum Gasteiger partial charge on any atom is -0.488 e. The Bertz CT molecular complexity index is 1410. The lowest BCUT2D eigenvalue weighted by atomic mass is 9.90. The molecule has 2 atom stereocenters. The Labute approximate surface area is 222 Å². The number of amides is 1. The second-order valence-electron chi connectivity index (χ2n) is 9.37. The van der Waals surface area contributed by atoms with E-state index in [1.54, 1.807) is 12.1 Å². The summed E-state index contributed by atoms with van der Waals surface area (Å²) in [6.45, 7) is 2.47. The van der Waals surface area contributed by atoms with Crippen molar-refractivity contribution in [3.05, 3.63) is 131 Å². The summed E-state index contributed by atoms with van der Waals surface area (Å²) < 4.78 is 12.4. The molecule has 192 valence electrons. The quantitative estimate of drug-likeness (QED) is 0.330. The molecular formula is C32H29NO5. The van der Waals surface area contributed by atoms with Gasteiger partial charge in [0.15, 0.2) is 0 Å². The third-order valence-electron chi connectivity index (χ3n) is 6.79. The molecule has 1 N–H and O–H groups in total. The van der Waals surface area contributed by atoms with Crippen LogP contribution in [0, 0.1) is 6.92 Å². The lowest BCUT2D eigenvalue weighted by molar-refractivity contribution is -0.155. The molecule has 0 aliphatic carbocycles. The fraction of sp³-hybridized carbons (Fsp3) is 0.188. The van der Waals surface area contributed by atoms with Gasteiger partial charge in [0, 0.05) is 24.1 Å². The largest absolute Gasteiger partial charge is 0.488 e. The maximum absolute atomic E-state index is 14.0. The first-order valence-electron chi connectivity index (χ1n) is 12.6.